The first-order valence-electron chi connectivity index (χ1n) is 9.48. The summed E-state index contributed by atoms with van der Waals surface area (Å²) in [4.78, 5) is 28.7. The number of rotatable bonds is 4. The molecule has 0 aromatic rings. The summed E-state index contributed by atoms with van der Waals surface area (Å²) in [5, 5.41) is 2.98. The molecule has 0 unspecified atom stereocenters. The van der Waals surface area contributed by atoms with E-state index in [1.54, 1.807) is 11.9 Å². The third kappa shape index (κ3) is 4.02. The molecule has 0 aromatic carbocycles. The largest absolute Gasteiger partial charge is 0.376 e. The average Bonchev–Trinajstić information content (AvgIpc) is 3.19. The Morgan fingerprint density at radius 1 is 1.25 bits per heavy atom. The average molecular weight is 337 g/mol. The van der Waals surface area contributed by atoms with Gasteiger partial charge in [0.25, 0.3) is 0 Å². The molecule has 1 N–H and O–H groups in total. The Bertz CT molecular complexity index is 456. The number of hydrogen-bond acceptors (Lipinski definition) is 3. The lowest BCUT2D eigenvalue weighted by molar-refractivity contribution is -0.128. The van der Waals surface area contributed by atoms with Crippen molar-refractivity contribution in [2.75, 3.05) is 26.7 Å². The van der Waals surface area contributed by atoms with E-state index in [-0.39, 0.29) is 30.1 Å². The van der Waals surface area contributed by atoms with Crippen LogP contribution in [0.1, 0.15) is 51.9 Å². The Balaban J connectivity index is 1.63. The lowest BCUT2D eigenvalue weighted by atomic mass is 9.86. The van der Waals surface area contributed by atoms with Crippen molar-refractivity contribution < 1.29 is 14.3 Å². The summed E-state index contributed by atoms with van der Waals surface area (Å²) < 4.78 is 5.76. The van der Waals surface area contributed by atoms with Gasteiger partial charge in [0.05, 0.1) is 6.10 Å². The highest BCUT2D eigenvalue weighted by molar-refractivity contribution is 5.88. The van der Waals surface area contributed by atoms with Gasteiger partial charge in [-0.05, 0) is 50.9 Å². The maximum Gasteiger partial charge on any atom is 0.318 e. The minimum absolute atomic E-state index is 0.0256. The monoisotopic (exact) mass is 337 g/mol. The molecule has 6 nitrogen and oxygen atoms in total. The summed E-state index contributed by atoms with van der Waals surface area (Å²) in [6, 6.07) is -0.171. The van der Waals surface area contributed by atoms with E-state index in [1.165, 1.54) is 12.8 Å². The molecule has 3 rings (SSSR count). The first-order valence-corrected chi connectivity index (χ1v) is 9.48. The van der Waals surface area contributed by atoms with Crippen molar-refractivity contribution in [1.29, 1.82) is 0 Å². The first-order chi connectivity index (χ1) is 11.5. The van der Waals surface area contributed by atoms with Gasteiger partial charge in [0.15, 0.2) is 0 Å². The van der Waals surface area contributed by atoms with Crippen molar-refractivity contribution in [2.45, 2.75) is 70.1 Å². The van der Waals surface area contributed by atoms with Crippen molar-refractivity contribution in [3.63, 3.8) is 0 Å². The predicted molar refractivity (Wildman–Crippen MR) is 91.7 cm³/mol. The van der Waals surface area contributed by atoms with Crippen LogP contribution >= 0.6 is 0 Å². The van der Waals surface area contributed by atoms with Crippen molar-refractivity contribution in [2.24, 2.45) is 5.92 Å². The van der Waals surface area contributed by atoms with Gasteiger partial charge in [0.2, 0.25) is 5.91 Å². The molecule has 1 aliphatic carbocycles. The Kier molecular flexibility index (Phi) is 5.64. The Morgan fingerprint density at radius 2 is 2.00 bits per heavy atom. The molecule has 0 aromatic heterocycles. The van der Waals surface area contributed by atoms with Crippen molar-refractivity contribution in [3.05, 3.63) is 0 Å². The van der Waals surface area contributed by atoms with Gasteiger partial charge in [0, 0.05) is 32.8 Å². The van der Waals surface area contributed by atoms with Gasteiger partial charge in [-0.2, -0.15) is 0 Å². The summed E-state index contributed by atoms with van der Waals surface area (Å²) in [6.07, 6.45) is 7.41. The second kappa shape index (κ2) is 7.72. The number of likely N-dealkylation sites (tertiary alicyclic amines) is 1. The summed E-state index contributed by atoms with van der Waals surface area (Å²) >= 11 is 0. The summed E-state index contributed by atoms with van der Waals surface area (Å²) in [7, 11) is 1.79. The molecule has 0 radical (unpaired) electrons. The number of nitrogens with zero attached hydrogens (tertiary/aromatic N) is 2. The van der Waals surface area contributed by atoms with Gasteiger partial charge in [-0.3, -0.25) is 4.79 Å². The highest BCUT2D eigenvalue weighted by atomic mass is 16.5. The van der Waals surface area contributed by atoms with Crippen LogP contribution in [0.15, 0.2) is 0 Å². The molecular formula is C18H31N3O3. The predicted octanol–water partition coefficient (Wildman–Crippen LogP) is 1.99. The number of urea groups is 1. The zero-order valence-electron chi connectivity index (χ0n) is 15.0. The number of ether oxygens (including phenoxy) is 1. The van der Waals surface area contributed by atoms with Crippen LogP contribution in [0.3, 0.4) is 0 Å². The molecule has 136 valence electrons. The van der Waals surface area contributed by atoms with E-state index in [2.05, 4.69) is 12.2 Å². The fraction of sp³-hybridized carbons (Fsp3) is 0.889. The van der Waals surface area contributed by atoms with Crippen LogP contribution in [-0.2, 0) is 9.53 Å². The topological polar surface area (TPSA) is 61.9 Å². The Morgan fingerprint density at radius 3 is 2.58 bits per heavy atom. The van der Waals surface area contributed by atoms with E-state index in [0.717, 1.165) is 44.8 Å². The number of likely N-dealkylation sites (N-methyl/N-ethyl adjacent to an activating group) is 1. The van der Waals surface area contributed by atoms with Crippen LogP contribution in [0.5, 0.6) is 0 Å². The molecule has 24 heavy (non-hydrogen) atoms. The van der Waals surface area contributed by atoms with Crippen molar-refractivity contribution in [3.8, 4) is 0 Å². The maximum absolute atomic E-state index is 12.9. The van der Waals surface area contributed by atoms with Gasteiger partial charge in [-0.15, -0.1) is 0 Å². The Labute approximate surface area is 144 Å². The number of carbonyl (C=O) groups is 2. The second-order valence-electron chi connectivity index (χ2n) is 7.75. The SMILES string of the molecule is CC1CCC(N(C[C@@H]2CCCO2)C(=O)N[C@@H]2CCN(C)C2=O)CC1. The van der Waals surface area contributed by atoms with Crippen LogP contribution in [-0.4, -0.2) is 66.7 Å². The number of amides is 3. The molecule has 6 heteroatoms. The zero-order chi connectivity index (χ0) is 17.1. The number of nitrogens with one attached hydrogen (secondary N) is 1. The summed E-state index contributed by atoms with van der Waals surface area (Å²) in [5.41, 5.74) is 0. The third-order valence-corrected chi connectivity index (χ3v) is 5.84. The van der Waals surface area contributed by atoms with Gasteiger partial charge in [-0.1, -0.05) is 6.92 Å². The molecule has 2 heterocycles. The fourth-order valence-electron chi connectivity index (χ4n) is 4.15. The minimum atomic E-state index is -0.364. The lowest BCUT2D eigenvalue weighted by Gasteiger charge is -2.37. The lowest BCUT2D eigenvalue weighted by Crippen LogP contribution is -2.53. The smallest absolute Gasteiger partial charge is 0.318 e. The highest BCUT2D eigenvalue weighted by Crippen LogP contribution is 2.28. The molecule has 2 aliphatic heterocycles. The highest BCUT2D eigenvalue weighted by Gasteiger charge is 2.35. The maximum atomic E-state index is 12.9. The quantitative estimate of drug-likeness (QED) is 0.853. The normalized spacial score (nSPS) is 33.8. The van der Waals surface area contributed by atoms with Crippen molar-refractivity contribution in [1.82, 2.24) is 15.1 Å². The molecular weight excluding hydrogens is 306 g/mol. The van der Waals surface area contributed by atoms with E-state index >= 15 is 0 Å². The van der Waals surface area contributed by atoms with Gasteiger partial charge in [0.1, 0.15) is 6.04 Å². The van der Waals surface area contributed by atoms with Gasteiger partial charge >= 0.3 is 6.03 Å². The van der Waals surface area contributed by atoms with E-state index in [4.69, 9.17) is 4.74 Å². The van der Waals surface area contributed by atoms with E-state index in [0.29, 0.717) is 13.0 Å². The van der Waals surface area contributed by atoms with Crippen LogP contribution in [0.25, 0.3) is 0 Å². The van der Waals surface area contributed by atoms with Gasteiger partial charge in [-0.25, -0.2) is 4.79 Å². The van der Waals surface area contributed by atoms with Crippen molar-refractivity contribution >= 4 is 11.9 Å². The fourth-order valence-corrected chi connectivity index (χ4v) is 4.15. The van der Waals surface area contributed by atoms with E-state index in [9.17, 15) is 9.59 Å². The van der Waals surface area contributed by atoms with E-state index in [1.807, 2.05) is 4.90 Å². The molecule has 1 saturated carbocycles. The summed E-state index contributed by atoms with van der Waals surface area (Å²) in [5.74, 6) is 0.775. The standard InChI is InChI=1S/C18H31N3O3/c1-13-5-7-14(8-6-13)21(12-15-4-3-11-24-15)18(23)19-16-9-10-20(2)17(16)22/h13-16H,3-12H2,1-2H3,(H,19,23)/t13?,14?,15-,16+/m0/s1. The summed E-state index contributed by atoms with van der Waals surface area (Å²) in [6.45, 7) is 4.46. The molecule has 0 bridgehead atoms. The van der Waals surface area contributed by atoms with Crippen LogP contribution in [0.2, 0.25) is 0 Å². The Hall–Kier alpha value is -1.30. The second-order valence-corrected chi connectivity index (χ2v) is 7.75. The molecule has 3 amide bonds. The molecule has 3 fully saturated rings. The molecule has 2 atom stereocenters. The first kappa shape index (κ1) is 17.5. The van der Waals surface area contributed by atoms with Gasteiger partial charge < -0.3 is 19.9 Å². The molecule has 3 aliphatic rings. The molecule has 0 spiro atoms. The zero-order valence-corrected chi connectivity index (χ0v) is 15.0. The number of carbonyl (C=O) groups excluding carboxylic acids is 2. The third-order valence-electron chi connectivity index (χ3n) is 5.84. The minimum Gasteiger partial charge on any atom is -0.376 e. The van der Waals surface area contributed by atoms with Crippen LogP contribution in [0, 0.1) is 5.92 Å². The number of hydrogen-bond donors (Lipinski definition) is 1. The molecule has 2 saturated heterocycles. The van der Waals surface area contributed by atoms with Crippen LogP contribution < -0.4 is 5.32 Å². The van der Waals surface area contributed by atoms with Crippen LogP contribution in [0.4, 0.5) is 4.79 Å². The van der Waals surface area contributed by atoms with E-state index < -0.39 is 0 Å².